The molecule has 3 aliphatic heterocycles. The number of rotatable bonds is 1. The number of fused-ring (bicyclic) bond motifs is 8. The van der Waals surface area contributed by atoms with E-state index in [-0.39, 0.29) is 35.9 Å². The van der Waals surface area contributed by atoms with Crippen LogP contribution in [0.1, 0.15) is 23.3 Å². The topological polar surface area (TPSA) is 46.6 Å². The molecule has 3 heterocycles. The predicted molar refractivity (Wildman–Crippen MR) is 78.9 cm³/mol. The van der Waals surface area contributed by atoms with Gasteiger partial charge in [0, 0.05) is 0 Å². The Balaban J connectivity index is 1.62. The number of carbonyl (C=O) groups is 2. The largest absolute Gasteiger partial charge is 0.364 e. The summed E-state index contributed by atoms with van der Waals surface area (Å²) in [4.78, 5) is 27.0. The van der Waals surface area contributed by atoms with Crippen molar-refractivity contribution in [2.24, 2.45) is 11.8 Å². The van der Waals surface area contributed by atoms with E-state index in [1.54, 1.807) is 12.1 Å². The molecule has 2 bridgehead atoms. The molecule has 22 heavy (non-hydrogen) atoms. The van der Waals surface area contributed by atoms with Gasteiger partial charge in [-0.1, -0.05) is 42.5 Å². The van der Waals surface area contributed by atoms with Gasteiger partial charge < -0.3 is 4.74 Å². The van der Waals surface area contributed by atoms with Crippen molar-refractivity contribution in [3.63, 3.8) is 0 Å². The highest BCUT2D eigenvalue weighted by atomic mass is 16.5. The molecule has 5 rings (SSSR count). The van der Waals surface area contributed by atoms with Crippen molar-refractivity contribution in [2.75, 3.05) is 4.90 Å². The summed E-state index contributed by atoms with van der Waals surface area (Å²) in [6, 6.07) is 17.0. The molecule has 2 amide bonds. The highest BCUT2D eigenvalue weighted by Gasteiger charge is 2.64. The zero-order valence-electron chi connectivity index (χ0n) is 11.7. The van der Waals surface area contributed by atoms with E-state index < -0.39 is 0 Å². The number of benzene rings is 2. The maximum Gasteiger partial charge on any atom is 0.240 e. The molecule has 4 nitrogen and oxygen atoms in total. The van der Waals surface area contributed by atoms with Crippen molar-refractivity contribution >= 4 is 17.5 Å². The number of ether oxygens (including phenoxy) is 1. The first-order valence-corrected chi connectivity index (χ1v) is 7.44. The second-order valence-corrected chi connectivity index (χ2v) is 6.01. The Labute approximate surface area is 127 Å². The van der Waals surface area contributed by atoms with Crippen LogP contribution in [0.15, 0.2) is 54.6 Å². The Morgan fingerprint density at radius 1 is 0.727 bits per heavy atom. The Bertz CT molecular complexity index is 754. The molecule has 2 aromatic carbocycles. The number of para-hydroxylation sites is 1. The lowest BCUT2D eigenvalue weighted by Crippen LogP contribution is -2.32. The average Bonchev–Trinajstić information content (AvgIpc) is 3.19. The van der Waals surface area contributed by atoms with Gasteiger partial charge in [0.1, 0.15) is 0 Å². The molecule has 108 valence electrons. The van der Waals surface area contributed by atoms with Crippen LogP contribution in [0.25, 0.3) is 0 Å². The van der Waals surface area contributed by atoms with E-state index in [9.17, 15) is 9.59 Å². The third-order valence-electron chi connectivity index (χ3n) is 4.97. The van der Waals surface area contributed by atoms with Crippen molar-refractivity contribution in [3.8, 4) is 0 Å². The van der Waals surface area contributed by atoms with E-state index in [0.29, 0.717) is 5.69 Å². The SMILES string of the molecule is O=C1C2C3OC(c4ccccc43)C2C(=O)N1c1ccccc1. The molecule has 0 N–H and O–H groups in total. The summed E-state index contributed by atoms with van der Waals surface area (Å²) >= 11 is 0. The van der Waals surface area contributed by atoms with Gasteiger partial charge in [0.2, 0.25) is 11.8 Å². The number of imide groups is 1. The molecule has 0 aromatic heterocycles. The first-order valence-electron chi connectivity index (χ1n) is 7.44. The molecule has 4 heteroatoms. The van der Waals surface area contributed by atoms with Gasteiger partial charge >= 0.3 is 0 Å². The monoisotopic (exact) mass is 291 g/mol. The molecular weight excluding hydrogens is 278 g/mol. The minimum absolute atomic E-state index is 0.136. The molecule has 4 atom stereocenters. The molecule has 2 fully saturated rings. The van der Waals surface area contributed by atoms with Crippen molar-refractivity contribution in [1.82, 2.24) is 0 Å². The highest BCUT2D eigenvalue weighted by Crippen LogP contribution is 2.60. The number of anilines is 1. The van der Waals surface area contributed by atoms with Crippen LogP contribution in [0.2, 0.25) is 0 Å². The second kappa shape index (κ2) is 4.05. The Morgan fingerprint density at radius 3 is 1.77 bits per heavy atom. The van der Waals surface area contributed by atoms with Crippen LogP contribution >= 0.6 is 0 Å². The van der Waals surface area contributed by atoms with Crippen LogP contribution in [0.3, 0.4) is 0 Å². The smallest absolute Gasteiger partial charge is 0.240 e. The standard InChI is InChI=1S/C18H13NO3/c20-17-13-14(18(21)19(17)10-6-2-1-3-7-10)16-12-9-5-4-8-11(12)15(13)22-16/h1-9,13-16H. The molecular formula is C18H13NO3. The fourth-order valence-electron chi connectivity index (χ4n) is 4.07. The molecule has 3 aliphatic rings. The number of nitrogens with zero attached hydrogens (tertiary/aromatic N) is 1. The minimum Gasteiger partial charge on any atom is -0.364 e. The van der Waals surface area contributed by atoms with Gasteiger partial charge in [-0.2, -0.15) is 0 Å². The summed E-state index contributed by atoms with van der Waals surface area (Å²) in [5.74, 6) is -1.04. The van der Waals surface area contributed by atoms with E-state index >= 15 is 0 Å². The molecule has 0 spiro atoms. The van der Waals surface area contributed by atoms with Gasteiger partial charge in [0.05, 0.1) is 29.7 Å². The van der Waals surface area contributed by atoms with E-state index in [1.807, 2.05) is 42.5 Å². The fourth-order valence-corrected chi connectivity index (χ4v) is 4.07. The van der Waals surface area contributed by atoms with Gasteiger partial charge in [0.25, 0.3) is 0 Å². The quantitative estimate of drug-likeness (QED) is 0.759. The van der Waals surface area contributed by atoms with E-state index in [2.05, 4.69) is 0 Å². The van der Waals surface area contributed by atoms with Crippen LogP contribution in [0, 0.1) is 11.8 Å². The summed E-state index contributed by atoms with van der Waals surface area (Å²) in [5.41, 5.74) is 2.77. The molecule has 4 unspecified atom stereocenters. The summed E-state index contributed by atoms with van der Waals surface area (Å²) in [6.45, 7) is 0. The van der Waals surface area contributed by atoms with Crippen LogP contribution in [-0.4, -0.2) is 11.8 Å². The van der Waals surface area contributed by atoms with Crippen LogP contribution in [0.4, 0.5) is 5.69 Å². The maximum atomic E-state index is 12.8. The molecule has 0 aliphatic carbocycles. The van der Waals surface area contributed by atoms with Crippen molar-refractivity contribution in [3.05, 3.63) is 65.7 Å². The van der Waals surface area contributed by atoms with Crippen molar-refractivity contribution in [2.45, 2.75) is 12.2 Å². The van der Waals surface area contributed by atoms with Crippen LogP contribution in [0.5, 0.6) is 0 Å². The lowest BCUT2D eigenvalue weighted by molar-refractivity contribution is -0.125. The number of carbonyl (C=O) groups excluding carboxylic acids is 2. The maximum absolute atomic E-state index is 12.8. The van der Waals surface area contributed by atoms with Gasteiger partial charge in [-0.25, -0.2) is 4.90 Å². The van der Waals surface area contributed by atoms with Crippen LogP contribution < -0.4 is 4.90 Å². The van der Waals surface area contributed by atoms with E-state index in [0.717, 1.165) is 11.1 Å². The fraction of sp³-hybridized carbons (Fsp3) is 0.222. The van der Waals surface area contributed by atoms with Crippen LogP contribution in [-0.2, 0) is 14.3 Å². The summed E-state index contributed by atoms with van der Waals surface area (Å²) in [7, 11) is 0. The normalized spacial score (nSPS) is 31.5. The lowest BCUT2D eigenvalue weighted by atomic mass is 9.77. The van der Waals surface area contributed by atoms with Gasteiger partial charge in [-0.3, -0.25) is 9.59 Å². The average molecular weight is 291 g/mol. The Morgan fingerprint density at radius 2 is 1.23 bits per heavy atom. The van der Waals surface area contributed by atoms with E-state index in [4.69, 9.17) is 4.74 Å². The molecule has 2 aromatic rings. The molecule has 2 saturated heterocycles. The Kier molecular flexibility index (Phi) is 2.23. The van der Waals surface area contributed by atoms with Crippen molar-refractivity contribution < 1.29 is 14.3 Å². The Hall–Kier alpha value is -2.46. The first kappa shape index (κ1) is 12.1. The third kappa shape index (κ3) is 1.31. The zero-order valence-corrected chi connectivity index (χ0v) is 11.7. The number of amides is 2. The van der Waals surface area contributed by atoms with Gasteiger partial charge in [-0.05, 0) is 23.3 Å². The predicted octanol–water partition coefficient (Wildman–Crippen LogP) is 2.62. The minimum atomic E-state index is -0.382. The second-order valence-electron chi connectivity index (χ2n) is 6.01. The van der Waals surface area contributed by atoms with Crippen molar-refractivity contribution in [1.29, 1.82) is 0 Å². The van der Waals surface area contributed by atoms with E-state index in [1.165, 1.54) is 4.90 Å². The lowest BCUT2D eigenvalue weighted by Gasteiger charge is -2.19. The highest BCUT2D eigenvalue weighted by molar-refractivity contribution is 6.23. The molecule has 0 radical (unpaired) electrons. The number of hydrogen-bond donors (Lipinski definition) is 0. The zero-order chi connectivity index (χ0) is 14.8. The summed E-state index contributed by atoms with van der Waals surface area (Å²) in [5, 5.41) is 0. The first-order chi connectivity index (χ1) is 10.8. The summed E-state index contributed by atoms with van der Waals surface area (Å²) in [6.07, 6.45) is -0.562. The molecule has 0 saturated carbocycles. The number of hydrogen-bond acceptors (Lipinski definition) is 3. The van der Waals surface area contributed by atoms with Gasteiger partial charge in [0.15, 0.2) is 0 Å². The van der Waals surface area contributed by atoms with Gasteiger partial charge in [-0.15, -0.1) is 0 Å². The third-order valence-corrected chi connectivity index (χ3v) is 4.97. The summed E-state index contributed by atoms with van der Waals surface area (Å²) < 4.78 is 5.97.